The van der Waals surface area contributed by atoms with Gasteiger partial charge in [0.2, 0.25) is 0 Å². The van der Waals surface area contributed by atoms with Crippen molar-refractivity contribution in [2.24, 2.45) is 0 Å². The molecule has 0 aromatic carbocycles. The summed E-state index contributed by atoms with van der Waals surface area (Å²) in [6, 6.07) is 0. The van der Waals surface area contributed by atoms with Crippen LogP contribution in [-0.2, 0) is 21.9 Å². The zero-order chi connectivity index (χ0) is 11.6. The first-order valence-corrected chi connectivity index (χ1v) is 11.3. The predicted molar refractivity (Wildman–Crippen MR) is 62.7 cm³/mol. The molecule has 0 spiro atoms. The summed E-state index contributed by atoms with van der Waals surface area (Å²) >= 11 is -3.35. The summed E-state index contributed by atoms with van der Waals surface area (Å²) in [6.07, 6.45) is 6.68. The van der Waals surface area contributed by atoms with Crippen LogP contribution in [-0.4, -0.2) is 13.2 Å². The average Bonchev–Trinajstić information content (AvgIpc) is 2.20. The Hall–Kier alpha value is 1.21. The Bertz CT molecular complexity index is 131. The SMILES string of the molecule is CCCCC[O][Ti]([Cl])([Cl])[O]CCCCC. The summed E-state index contributed by atoms with van der Waals surface area (Å²) in [5.74, 6) is 0. The van der Waals surface area contributed by atoms with Crippen molar-refractivity contribution in [1.82, 2.24) is 0 Å². The van der Waals surface area contributed by atoms with Crippen LogP contribution >= 0.6 is 18.6 Å². The van der Waals surface area contributed by atoms with Gasteiger partial charge in [-0.25, -0.2) is 0 Å². The molecule has 0 unspecified atom stereocenters. The van der Waals surface area contributed by atoms with Crippen LogP contribution in [0.5, 0.6) is 0 Å². The summed E-state index contributed by atoms with van der Waals surface area (Å²) in [4.78, 5) is 0. The first-order valence-electron chi connectivity index (χ1n) is 5.78. The molecule has 0 saturated carbocycles. The summed E-state index contributed by atoms with van der Waals surface area (Å²) in [5, 5.41) is 0. The Morgan fingerprint density at radius 3 is 1.53 bits per heavy atom. The van der Waals surface area contributed by atoms with Crippen molar-refractivity contribution in [3.05, 3.63) is 0 Å². The third kappa shape index (κ3) is 11.5. The van der Waals surface area contributed by atoms with E-state index in [4.69, 9.17) is 25.2 Å². The molecule has 0 amide bonds. The quantitative estimate of drug-likeness (QED) is 0.429. The maximum atomic E-state index is 6.00. The van der Waals surface area contributed by atoms with Gasteiger partial charge in [0.15, 0.2) is 0 Å². The third-order valence-corrected chi connectivity index (χ3v) is 5.52. The normalized spacial score (nSPS) is 12.0. The van der Waals surface area contributed by atoms with E-state index in [2.05, 4.69) is 13.8 Å². The van der Waals surface area contributed by atoms with Gasteiger partial charge >= 0.3 is 106 Å². The molecule has 0 rings (SSSR count). The van der Waals surface area contributed by atoms with E-state index < -0.39 is 15.2 Å². The second-order valence-electron chi connectivity index (χ2n) is 3.57. The molecular weight excluding hydrogens is 271 g/mol. The molecule has 0 aromatic heterocycles. The van der Waals surface area contributed by atoms with Gasteiger partial charge in [0, 0.05) is 0 Å². The number of hydrogen-bond donors (Lipinski definition) is 0. The molecule has 0 aliphatic rings. The predicted octanol–water partition coefficient (Wildman–Crippen LogP) is 4.69. The molecule has 0 heterocycles. The van der Waals surface area contributed by atoms with E-state index in [1.54, 1.807) is 0 Å². The minimum atomic E-state index is -3.35. The van der Waals surface area contributed by atoms with Crippen LogP contribution in [0.3, 0.4) is 0 Å². The Morgan fingerprint density at radius 1 is 0.800 bits per heavy atom. The second-order valence-corrected chi connectivity index (χ2v) is 10.8. The molecule has 92 valence electrons. The summed E-state index contributed by atoms with van der Waals surface area (Å²) < 4.78 is 10.8. The number of unbranched alkanes of at least 4 members (excludes halogenated alkanes) is 4. The van der Waals surface area contributed by atoms with Crippen LogP contribution in [0.2, 0.25) is 0 Å². The molecule has 0 aliphatic heterocycles. The molecule has 2 nitrogen and oxygen atoms in total. The Morgan fingerprint density at radius 2 is 1.20 bits per heavy atom. The Balaban J connectivity index is 3.40. The van der Waals surface area contributed by atoms with E-state index in [9.17, 15) is 0 Å². The van der Waals surface area contributed by atoms with Gasteiger partial charge in [-0.05, 0) is 0 Å². The molecule has 0 fully saturated rings. The van der Waals surface area contributed by atoms with Crippen LogP contribution in [0.1, 0.15) is 52.4 Å². The molecule has 5 heteroatoms. The van der Waals surface area contributed by atoms with Gasteiger partial charge in [-0.3, -0.25) is 0 Å². The fraction of sp³-hybridized carbons (Fsp3) is 1.00. The Labute approximate surface area is 106 Å². The van der Waals surface area contributed by atoms with Gasteiger partial charge in [-0.1, -0.05) is 0 Å². The van der Waals surface area contributed by atoms with Crippen LogP contribution < -0.4 is 0 Å². The molecular formula is C10H22Cl2O2Ti. The first kappa shape index (κ1) is 16.2. The second kappa shape index (κ2) is 10.4. The summed E-state index contributed by atoms with van der Waals surface area (Å²) in [7, 11) is 12.0. The summed E-state index contributed by atoms with van der Waals surface area (Å²) in [5.41, 5.74) is 0. The van der Waals surface area contributed by atoms with Crippen molar-refractivity contribution in [2.75, 3.05) is 13.2 Å². The summed E-state index contributed by atoms with van der Waals surface area (Å²) in [6.45, 7) is 5.57. The fourth-order valence-electron chi connectivity index (χ4n) is 1.13. The monoisotopic (exact) mass is 292 g/mol. The maximum absolute atomic E-state index is 6.00. The van der Waals surface area contributed by atoms with E-state index in [0.29, 0.717) is 13.2 Å². The van der Waals surface area contributed by atoms with Crippen molar-refractivity contribution in [3.8, 4) is 0 Å². The number of halogens is 2. The van der Waals surface area contributed by atoms with Crippen molar-refractivity contribution in [2.45, 2.75) is 52.4 Å². The van der Waals surface area contributed by atoms with Gasteiger partial charge in [0.05, 0.1) is 0 Å². The molecule has 0 bridgehead atoms. The van der Waals surface area contributed by atoms with Gasteiger partial charge in [-0.15, -0.1) is 0 Å². The zero-order valence-corrected chi connectivity index (χ0v) is 12.8. The molecule has 0 atom stereocenters. The topological polar surface area (TPSA) is 18.5 Å². The van der Waals surface area contributed by atoms with E-state index in [0.717, 1.165) is 25.7 Å². The molecule has 0 aromatic rings. The van der Waals surface area contributed by atoms with Crippen LogP contribution in [0.25, 0.3) is 0 Å². The molecule has 0 radical (unpaired) electrons. The molecule has 0 N–H and O–H groups in total. The zero-order valence-electron chi connectivity index (χ0n) is 9.73. The molecule has 0 aliphatic carbocycles. The van der Waals surface area contributed by atoms with Crippen LogP contribution in [0.4, 0.5) is 0 Å². The number of hydrogen-bond acceptors (Lipinski definition) is 2. The third-order valence-electron chi connectivity index (χ3n) is 2.04. The van der Waals surface area contributed by atoms with Crippen molar-refractivity contribution >= 4 is 18.6 Å². The average molecular weight is 293 g/mol. The van der Waals surface area contributed by atoms with E-state index >= 15 is 0 Å². The van der Waals surface area contributed by atoms with E-state index in [1.807, 2.05) is 0 Å². The van der Waals surface area contributed by atoms with Gasteiger partial charge < -0.3 is 0 Å². The van der Waals surface area contributed by atoms with E-state index in [-0.39, 0.29) is 0 Å². The standard InChI is InChI=1S/2C5H11O.2ClH.Ti/c2*1-2-3-4-5-6;;;/h2*2-5H2,1H3;2*1H;/q2*-1;;;+4/p-2. The first-order chi connectivity index (χ1) is 7.12. The molecule has 0 saturated heterocycles. The van der Waals surface area contributed by atoms with Crippen molar-refractivity contribution in [3.63, 3.8) is 0 Å². The van der Waals surface area contributed by atoms with Crippen LogP contribution in [0.15, 0.2) is 0 Å². The van der Waals surface area contributed by atoms with E-state index in [1.165, 1.54) is 12.8 Å². The fourth-order valence-corrected chi connectivity index (χ4v) is 3.72. The number of rotatable bonds is 10. The van der Waals surface area contributed by atoms with Gasteiger partial charge in [0.1, 0.15) is 0 Å². The van der Waals surface area contributed by atoms with Crippen LogP contribution in [0, 0.1) is 0 Å². The molecule has 15 heavy (non-hydrogen) atoms. The Kier molecular flexibility index (Phi) is 11.2. The van der Waals surface area contributed by atoms with Crippen molar-refractivity contribution < 1.29 is 21.9 Å². The van der Waals surface area contributed by atoms with Gasteiger partial charge in [-0.2, -0.15) is 0 Å². The van der Waals surface area contributed by atoms with Gasteiger partial charge in [0.25, 0.3) is 0 Å². The van der Waals surface area contributed by atoms with Crippen molar-refractivity contribution in [1.29, 1.82) is 0 Å². The minimum absolute atomic E-state index is 0.634.